The van der Waals surface area contributed by atoms with Gasteiger partial charge in [0.25, 0.3) is 0 Å². The van der Waals surface area contributed by atoms with Gasteiger partial charge in [0.05, 0.1) is 12.7 Å². The molecule has 2 unspecified atom stereocenters. The van der Waals surface area contributed by atoms with E-state index in [9.17, 15) is 0 Å². The van der Waals surface area contributed by atoms with Crippen LogP contribution < -0.4 is 0 Å². The van der Waals surface area contributed by atoms with Crippen molar-refractivity contribution in [2.24, 2.45) is 0 Å². The number of rotatable bonds is 2. The van der Waals surface area contributed by atoms with Gasteiger partial charge in [-0.3, -0.25) is 0 Å². The molecule has 0 spiro atoms. The fraction of sp³-hybridized carbons (Fsp3) is 1.00. The first-order valence-electron chi connectivity index (χ1n) is 3.16. The monoisotopic (exact) mass is 132 g/mol. The van der Waals surface area contributed by atoms with Gasteiger partial charge in [-0.1, -0.05) is 0 Å². The van der Waals surface area contributed by atoms with Crippen molar-refractivity contribution in [2.45, 2.75) is 25.2 Å². The Kier molecular flexibility index (Phi) is 2.45. The highest BCUT2D eigenvalue weighted by Gasteiger charge is 2.23. The first-order chi connectivity index (χ1) is 4.36. The van der Waals surface area contributed by atoms with Gasteiger partial charge in [-0.25, -0.2) is 0 Å². The minimum Gasteiger partial charge on any atom is -0.394 e. The van der Waals surface area contributed by atoms with Crippen LogP contribution >= 0.6 is 0 Å². The number of ether oxygens (including phenoxy) is 2. The fourth-order valence-electron chi connectivity index (χ4n) is 0.980. The second-order valence-corrected chi connectivity index (χ2v) is 2.18. The molecule has 0 aromatic carbocycles. The lowest BCUT2D eigenvalue weighted by molar-refractivity contribution is -0.122. The molecule has 0 aromatic rings. The minimum atomic E-state index is -0.0813. The molecular weight excluding hydrogens is 120 g/mol. The summed E-state index contributed by atoms with van der Waals surface area (Å²) in [7, 11) is 1.62. The Balaban J connectivity index is 2.20. The summed E-state index contributed by atoms with van der Waals surface area (Å²) in [5.41, 5.74) is 0. The molecule has 1 heterocycles. The minimum absolute atomic E-state index is 0.00921. The van der Waals surface area contributed by atoms with E-state index in [1.165, 1.54) is 0 Å². The first kappa shape index (κ1) is 6.99. The Labute approximate surface area is 54.6 Å². The molecule has 0 aromatic heterocycles. The number of methoxy groups -OCH3 is 1. The van der Waals surface area contributed by atoms with Crippen LogP contribution in [0.25, 0.3) is 0 Å². The molecule has 1 aliphatic heterocycles. The van der Waals surface area contributed by atoms with Crippen molar-refractivity contribution < 1.29 is 14.6 Å². The molecule has 54 valence electrons. The van der Waals surface area contributed by atoms with Gasteiger partial charge in [0.1, 0.15) is 0 Å². The number of aliphatic hydroxyl groups is 1. The molecule has 0 amide bonds. The summed E-state index contributed by atoms with van der Waals surface area (Å²) in [6, 6.07) is 0. The summed E-state index contributed by atoms with van der Waals surface area (Å²) < 4.78 is 10.1. The van der Waals surface area contributed by atoms with Crippen LogP contribution in [0.4, 0.5) is 0 Å². The Bertz CT molecular complexity index is 74.4. The largest absolute Gasteiger partial charge is 0.394 e. The van der Waals surface area contributed by atoms with Gasteiger partial charge in [-0.15, -0.1) is 0 Å². The van der Waals surface area contributed by atoms with Gasteiger partial charge in [-0.2, -0.15) is 0 Å². The van der Waals surface area contributed by atoms with E-state index < -0.39 is 0 Å². The predicted molar refractivity (Wildman–Crippen MR) is 32.0 cm³/mol. The average molecular weight is 132 g/mol. The van der Waals surface area contributed by atoms with Crippen molar-refractivity contribution in [2.75, 3.05) is 13.7 Å². The fourth-order valence-corrected chi connectivity index (χ4v) is 0.980. The first-order valence-corrected chi connectivity index (χ1v) is 3.16. The zero-order chi connectivity index (χ0) is 6.69. The van der Waals surface area contributed by atoms with Crippen LogP contribution in [0.2, 0.25) is 0 Å². The molecule has 1 saturated heterocycles. The van der Waals surface area contributed by atoms with Crippen LogP contribution in [0.3, 0.4) is 0 Å². The van der Waals surface area contributed by atoms with E-state index in [4.69, 9.17) is 14.6 Å². The van der Waals surface area contributed by atoms with E-state index in [1.807, 2.05) is 0 Å². The lowest BCUT2D eigenvalue weighted by atomic mass is 10.2. The van der Waals surface area contributed by atoms with Crippen LogP contribution in [0.15, 0.2) is 0 Å². The molecule has 0 bridgehead atoms. The molecule has 1 aliphatic rings. The maximum Gasteiger partial charge on any atom is 0.157 e. The third kappa shape index (κ3) is 1.64. The molecule has 0 aliphatic carbocycles. The van der Waals surface area contributed by atoms with Crippen molar-refractivity contribution in [3.05, 3.63) is 0 Å². The summed E-state index contributed by atoms with van der Waals surface area (Å²) in [6.45, 7) is 0.111. The smallest absolute Gasteiger partial charge is 0.157 e. The Morgan fingerprint density at radius 3 is 2.78 bits per heavy atom. The zero-order valence-electron chi connectivity index (χ0n) is 5.54. The zero-order valence-corrected chi connectivity index (χ0v) is 5.54. The molecule has 1 rings (SSSR count). The topological polar surface area (TPSA) is 38.7 Å². The van der Waals surface area contributed by atoms with E-state index >= 15 is 0 Å². The van der Waals surface area contributed by atoms with Crippen molar-refractivity contribution in [1.82, 2.24) is 0 Å². The van der Waals surface area contributed by atoms with Crippen molar-refractivity contribution in [3.63, 3.8) is 0 Å². The molecule has 3 nitrogen and oxygen atoms in total. The standard InChI is InChI=1S/C6H12O3/c1-8-6-3-2-5(4-7)9-6/h5-7H,2-4H2,1H3. The third-order valence-corrected chi connectivity index (χ3v) is 1.54. The summed E-state index contributed by atoms with van der Waals surface area (Å²) in [4.78, 5) is 0. The molecule has 3 heteroatoms. The van der Waals surface area contributed by atoms with Crippen molar-refractivity contribution >= 4 is 0 Å². The van der Waals surface area contributed by atoms with E-state index in [2.05, 4.69) is 0 Å². The van der Waals surface area contributed by atoms with Crippen molar-refractivity contribution in [3.8, 4) is 0 Å². The molecule has 1 fully saturated rings. The molecule has 2 atom stereocenters. The average Bonchev–Trinajstić information content (AvgIpc) is 2.34. The Morgan fingerprint density at radius 1 is 1.67 bits per heavy atom. The lowest BCUT2D eigenvalue weighted by Crippen LogP contribution is -2.15. The van der Waals surface area contributed by atoms with Crippen LogP contribution in [-0.4, -0.2) is 31.2 Å². The van der Waals surface area contributed by atoms with E-state index in [0.29, 0.717) is 0 Å². The highest BCUT2D eigenvalue weighted by molar-refractivity contribution is 4.65. The number of aliphatic hydroxyl groups excluding tert-OH is 1. The predicted octanol–water partition coefficient (Wildman–Crippen LogP) is 0.130. The summed E-state index contributed by atoms with van der Waals surface area (Å²) >= 11 is 0. The second kappa shape index (κ2) is 3.15. The summed E-state index contributed by atoms with van der Waals surface area (Å²) in [6.07, 6.45) is 1.74. The van der Waals surface area contributed by atoms with Gasteiger partial charge in [-0.05, 0) is 6.42 Å². The van der Waals surface area contributed by atoms with Gasteiger partial charge in [0, 0.05) is 13.5 Å². The van der Waals surface area contributed by atoms with Crippen LogP contribution in [0.5, 0.6) is 0 Å². The van der Waals surface area contributed by atoms with Gasteiger partial charge < -0.3 is 14.6 Å². The highest BCUT2D eigenvalue weighted by Crippen LogP contribution is 2.18. The molecule has 1 N–H and O–H groups in total. The highest BCUT2D eigenvalue weighted by atomic mass is 16.7. The van der Waals surface area contributed by atoms with E-state index in [0.717, 1.165) is 12.8 Å². The normalized spacial score (nSPS) is 35.3. The van der Waals surface area contributed by atoms with Crippen molar-refractivity contribution in [1.29, 1.82) is 0 Å². The SMILES string of the molecule is COC1CCC(CO)O1. The molecular formula is C6H12O3. The van der Waals surface area contributed by atoms with E-state index in [-0.39, 0.29) is 19.0 Å². The molecule has 0 radical (unpaired) electrons. The van der Waals surface area contributed by atoms with Gasteiger partial charge in [0.15, 0.2) is 6.29 Å². The lowest BCUT2D eigenvalue weighted by Gasteiger charge is -2.08. The molecule has 9 heavy (non-hydrogen) atoms. The maximum absolute atomic E-state index is 8.60. The quantitative estimate of drug-likeness (QED) is 0.580. The Morgan fingerprint density at radius 2 is 2.44 bits per heavy atom. The summed E-state index contributed by atoms with van der Waals surface area (Å²) in [5.74, 6) is 0. The number of hydrogen-bond acceptors (Lipinski definition) is 3. The van der Waals surface area contributed by atoms with Crippen LogP contribution in [-0.2, 0) is 9.47 Å². The van der Waals surface area contributed by atoms with Crippen LogP contribution in [0, 0.1) is 0 Å². The van der Waals surface area contributed by atoms with Gasteiger partial charge >= 0.3 is 0 Å². The molecule has 0 saturated carbocycles. The Hall–Kier alpha value is -0.120. The second-order valence-electron chi connectivity index (χ2n) is 2.18. The number of hydrogen-bond donors (Lipinski definition) is 1. The summed E-state index contributed by atoms with van der Waals surface area (Å²) in [5, 5.41) is 8.60. The van der Waals surface area contributed by atoms with E-state index in [1.54, 1.807) is 7.11 Å². The van der Waals surface area contributed by atoms with Crippen LogP contribution in [0.1, 0.15) is 12.8 Å². The third-order valence-electron chi connectivity index (χ3n) is 1.54. The maximum atomic E-state index is 8.60. The van der Waals surface area contributed by atoms with Gasteiger partial charge in [0.2, 0.25) is 0 Å².